The first-order valence-electron chi connectivity index (χ1n) is 11.0. The van der Waals surface area contributed by atoms with Gasteiger partial charge in [-0.25, -0.2) is 0 Å². The quantitative estimate of drug-likeness (QED) is 0.190. The number of amides is 1. The van der Waals surface area contributed by atoms with Gasteiger partial charge in [0, 0.05) is 90.8 Å². The summed E-state index contributed by atoms with van der Waals surface area (Å²) in [5.74, 6) is 0.393. The summed E-state index contributed by atoms with van der Waals surface area (Å²) in [5, 5.41) is 20.4. The van der Waals surface area contributed by atoms with Crippen molar-refractivity contribution in [2.24, 2.45) is 11.7 Å². The van der Waals surface area contributed by atoms with Crippen molar-refractivity contribution < 1.29 is 94.7 Å². The molecule has 0 aliphatic carbocycles. The molecular weight excluding hydrogens is 590 g/mol. The summed E-state index contributed by atoms with van der Waals surface area (Å²) in [5.41, 5.74) is 3.50. The normalized spacial score (nSPS) is 10.5. The predicted molar refractivity (Wildman–Crippen MR) is 132 cm³/mol. The van der Waals surface area contributed by atoms with Gasteiger partial charge in [0.15, 0.2) is 0 Å². The van der Waals surface area contributed by atoms with Gasteiger partial charge in [-0.15, -0.1) is 0 Å². The van der Waals surface area contributed by atoms with E-state index in [0.717, 1.165) is 13.0 Å². The van der Waals surface area contributed by atoms with E-state index in [-0.39, 0.29) is 101 Å². The van der Waals surface area contributed by atoms with Gasteiger partial charge in [-0.1, -0.05) is 13.8 Å². The van der Waals surface area contributed by atoms with Crippen molar-refractivity contribution >= 4 is 12.2 Å². The molecule has 202 valence electrons. The zero-order valence-corrected chi connectivity index (χ0v) is 29.0. The molecule has 0 saturated heterocycles. The van der Waals surface area contributed by atoms with E-state index in [1.807, 2.05) is 41.5 Å². The molecule has 0 aromatic heterocycles. The van der Waals surface area contributed by atoms with Crippen molar-refractivity contribution in [3.63, 3.8) is 0 Å². The summed E-state index contributed by atoms with van der Waals surface area (Å²) in [7, 11) is 1.50. The number of aldehydes is 1. The molecule has 34 heavy (non-hydrogen) atoms. The summed E-state index contributed by atoms with van der Waals surface area (Å²) in [6.07, 6.45) is 2.88. The van der Waals surface area contributed by atoms with Crippen LogP contribution in [0, 0.1) is 19.8 Å². The maximum absolute atomic E-state index is 10.8. The molecule has 2 radical (unpaired) electrons. The standard InChI is InChI=1S/C12H24NO3.C9H20O2.C2H3O.CH5N.2Y/c1-10(15)13-11(2,3)7-9-16-12(4,5)6-8-14;1-8(2)5-6-11-9(3,4)7-10;1-2-3;1-2;;/h14H,1,6-9H2,2-5H3,(H,13,15);8,10H,5-7H2,1-4H3;2H,1H2;2H2,1H3;;/q-1;;-1;;;. The molecular formula is C24H52N2O6Y2-2. The predicted octanol–water partition coefficient (Wildman–Crippen LogP) is 2.69. The fraction of sp³-hybridized carbons (Fsp3) is 0.833. The Bertz CT molecular complexity index is 449. The third-order valence-electron chi connectivity index (χ3n) is 3.98. The zero-order chi connectivity index (χ0) is 26.4. The summed E-state index contributed by atoms with van der Waals surface area (Å²) in [6.45, 7) is 23.4. The van der Waals surface area contributed by atoms with Crippen molar-refractivity contribution in [3.05, 3.63) is 13.8 Å². The first-order valence-corrected chi connectivity index (χ1v) is 11.0. The number of hydrogen-bond acceptors (Lipinski definition) is 7. The number of nitrogens with two attached hydrogens (primary N) is 1. The van der Waals surface area contributed by atoms with Gasteiger partial charge < -0.3 is 54.2 Å². The van der Waals surface area contributed by atoms with Crippen LogP contribution in [0.5, 0.6) is 0 Å². The summed E-state index contributed by atoms with van der Waals surface area (Å²) in [4.78, 5) is 19.5. The van der Waals surface area contributed by atoms with Gasteiger partial charge in [-0.05, 0) is 80.1 Å². The van der Waals surface area contributed by atoms with Gasteiger partial charge in [-0.2, -0.15) is 0 Å². The molecule has 0 aliphatic heterocycles. The molecule has 8 nitrogen and oxygen atoms in total. The number of rotatable bonds is 12. The minimum absolute atomic E-state index is 0. The number of carbonyl (C=O) groups excluding carboxylic acids is 2. The number of nitrogens with one attached hydrogen (secondary N) is 1. The molecule has 5 N–H and O–H groups in total. The smallest absolute Gasteiger partial charge is 0.0856 e. The molecule has 0 aromatic rings. The number of carbonyl (C=O) groups is 2. The first kappa shape index (κ1) is 48.0. The van der Waals surface area contributed by atoms with E-state index < -0.39 is 0 Å². The van der Waals surface area contributed by atoms with Crippen molar-refractivity contribution in [2.75, 3.05) is 33.5 Å². The Morgan fingerprint density at radius 3 is 1.71 bits per heavy atom. The van der Waals surface area contributed by atoms with E-state index in [4.69, 9.17) is 24.5 Å². The SMILES string of the molecule is CC(C)CCOC(C)(C)CO.CN.[CH2-]C(=O)NC(C)(C)CCOC(C)(C)CCO.[CH2-]C=O.[Y].[Y]. The Hall–Kier alpha value is 0.888. The number of hydrogen-bond donors (Lipinski definition) is 4. The minimum Gasteiger partial charge on any atom is -0.396 e. The molecule has 0 spiro atoms. The van der Waals surface area contributed by atoms with Gasteiger partial charge >= 0.3 is 0 Å². The third-order valence-corrected chi connectivity index (χ3v) is 3.98. The Labute approximate surface area is 260 Å². The molecule has 1 amide bonds. The molecule has 0 rings (SSSR count). The fourth-order valence-corrected chi connectivity index (χ4v) is 1.98. The Morgan fingerprint density at radius 1 is 0.971 bits per heavy atom. The van der Waals surface area contributed by atoms with Crippen LogP contribution in [-0.4, -0.2) is 72.6 Å². The van der Waals surface area contributed by atoms with E-state index in [1.165, 1.54) is 7.05 Å². The summed E-state index contributed by atoms with van der Waals surface area (Å²) < 4.78 is 11.1. The van der Waals surface area contributed by atoms with Gasteiger partial charge in [0.25, 0.3) is 0 Å². The van der Waals surface area contributed by atoms with E-state index in [2.05, 4.69) is 38.7 Å². The van der Waals surface area contributed by atoms with Crippen LogP contribution in [0.2, 0.25) is 0 Å². The Balaban J connectivity index is -0.0000000955. The monoisotopic (exact) mass is 642 g/mol. The molecule has 0 heterocycles. The fourth-order valence-electron chi connectivity index (χ4n) is 1.98. The number of aliphatic hydroxyl groups excluding tert-OH is 2. The van der Waals surface area contributed by atoms with Crippen LogP contribution in [0.3, 0.4) is 0 Å². The van der Waals surface area contributed by atoms with Crippen molar-refractivity contribution in [1.82, 2.24) is 5.32 Å². The number of ether oxygens (including phenoxy) is 2. The summed E-state index contributed by atoms with van der Waals surface area (Å²) in [6, 6.07) is 0. The molecule has 0 fully saturated rings. The topological polar surface area (TPSA) is 131 Å². The number of aliphatic hydroxyl groups is 2. The maximum atomic E-state index is 10.8. The second kappa shape index (κ2) is 28.5. The van der Waals surface area contributed by atoms with Crippen LogP contribution in [0.25, 0.3) is 0 Å². The Kier molecular flexibility index (Phi) is 40.2. The molecule has 0 saturated carbocycles. The average molecular weight is 643 g/mol. The van der Waals surface area contributed by atoms with Crippen LogP contribution in [0.15, 0.2) is 0 Å². The van der Waals surface area contributed by atoms with Crippen LogP contribution in [0.1, 0.15) is 74.7 Å². The third kappa shape index (κ3) is 43.0. The van der Waals surface area contributed by atoms with Crippen LogP contribution in [-0.2, 0) is 84.5 Å². The second-order valence-corrected chi connectivity index (χ2v) is 9.38. The molecule has 0 bridgehead atoms. The van der Waals surface area contributed by atoms with Gasteiger partial charge in [0.05, 0.1) is 23.7 Å². The van der Waals surface area contributed by atoms with Crippen molar-refractivity contribution in [3.8, 4) is 0 Å². The van der Waals surface area contributed by atoms with E-state index >= 15 is 0 Å². The van der Waals surface area contributed by atoms with Gasteiger partial charge in [-0.3, -0.25) is 0 Å². The zero-order valence-electron chi connectivity index (χ0n) is 23.3. The van der Waals surface area contributed by atoms with Crippen molar-refractivity contribution in [1.29, 1.82) is 0 Å². The van der Waals surface area contributed by atoms with E-state index in [9.17, 15) is 4.79 Å². The van der Waals surface area contributed by atoms with Crippen LogP contribution < -0.4 is 11.1 Å². The average Bonchev–Trinajstić information content (AvgIpc) is 2.62. The molecule has 0 aliphatic rings. The van der Waals surface area contributed by atoms with Crippen LogP contribution >= 0.6 is 0 Å². The largest absolute Gasteiger partial charge is 0.396 e. The van der Waals surface area contributed by atoms with E-state index in [1.54, 1.807) is 0 Å². The van der Waals surface area contributed by atoms with Gasteiger partial charge in [0.1, 0.15) is 0 Å². The van der Waals surface area contributed by atoms with E-state index in [0.29, 0.717) is 31.7 Å². The maximum Gasteiger partial charge on any atom is 0.0856 e. The molecule has 0 aromatic carbocycles. The van der Waals surface area contributed by atoms with Crippen molar-refractivity contribution in [2.45, 2.75) is 91.4 Å². The van der Waals surface area contributed by atoms with Gasteiger partial charge in [0.2, 0.25) is 0 Å². The van der Waals surface area contributed by atoms with Crippen LogP contribution in [0.4, 0.5) is 0 Å². The minimum atomic E-state index is -0.366. The Morgan fingerprint density at radius 2 is 1.38 bits per heavy atom. The second-order valence-electron chi connectivity index (χ2n) is 9.38. The first-order chi connectivity index (χ1) is 14.6. The molecule has 0 atom stereocenters. The summed E-state index contributed by atoms with van der Waals surface area (Å²) >= 11 is 0. The molecule has 10 heteroatoms. The molecule has 0 unspecified atom stereocenters.